The fourth-order valence-electron chi connectivity index (χ4n) is 2.29. The second kappa shape index (κ2) is 6.94. The molecule has 0 radical (unpaired) electrons. The molecule has 0 aliphatic carbocycles. The van der Waals surface area contributed by atoms with Gasteiger partial charge in [-0.05, 0) is 48.8 Å². The summed E-state index contributed by atoms with van der Waals surface area (Å²) in [5.74, 6) is -0.312. The first kappa shape index (κ1) is 16.4. The van der Waals surface area contributed by atoms with Gasteiger partial charge in [0.1, 0.15) is 11.3 Å². The Hall–Kier alpha value is -2.51. The lowest BCUT2D eigenvalue weighted by Crippen LogP contribution is -2.54. The number of nitrogens with one attached hydrogen (secondary N) is 1. The van der Waals surface area contributed by atoms with Crippen LogP contribution in [0.1, 0.15) is 11.8 Å². The van der Waals surface area contributed by atoms with Gasteiger partial charge in [0.25, 0.3) is 11.8 Å². The van der Waals surface area contributed by atoms with Crippen molar-refractivity contribution in [3.8, 4) is 5.75 Å². The van der Waals surface area contributed by atoms with Gasteiger partial charge < -0.3 is 4.74 Å². The van der Waals surface area contributed by atoms with Crippen molar-refractivity contribution >= 4 is 52.2 Å². The fraction of sp³-hybridized carbons (Fsp3) is 0.118. The molecule has 0 atom stereocenters. The maximum absolute atomic E-state index is 12.8. The number of anilines is 1. The first-order chi connectivity index (χ1) is 11.6. The van der Waals surface area contributed by atoms with Crippen molar-refractivity contribution in [1.82, 2.24) is 5.32 Å². The van der Waals surface area contributed by atoms with E-state index in [2.05, 4.69) is 5.32 Å². The van der Waals surface area contributed by atoms with Crippen LogP contribution in [0.3, 0.4) is 0 Å². The van der Waals surface area contributed by atoms with E-state index in [4.69, 9.17) is 17.0 Å². The van der Waals surface area contributed by atoms with E-state index in [0.29, 0.717) is 18.0 Å². The molecule has 122 valence electrons. The highest BCUT2D eigenvalue weighted by molar-refractivity contribution is 7.80. The third-order valence-electron chi connectivity index (χ3n) is 3.32. The lowest BCUT2D eigenvalue weighted by molar-refractivity contribution is -0.122. The quantitative estimate of drug-likeness (QED) is 0.519. The molecule has 7 heteroatoms. The SMILES string of the molecule is CCOc1cccc(N2C(=O)/C(=C/c3cccs3)C(=O)NC2=S)c1. The molecule has 1 fully saturated rings. The van der Waals surface area contributed by atoms with Crippen LogP contribution < -0.4 is 15.0 Å². The molecule has 2 aromatic rings. The monoisotopic (exact) mass is 358 g/mol. The van der Waals surface area contributed by atoms with E-state index in [1.165, 1.54) is 16.2 Å². The third-order valence-corrected chi connectivity index (χ3v) is 4.42. The molecule has 2 heterocycles. The molecule has 1 aliphatic rings. The summed E-state index contributed by atoms with van der Waals surface area (Å²) in [7, 11) is 0. The number of carbonyl (C=O) groups is 2. The van der Waals surface area contributed by atoms with Crippen molar-refractivity contribution in [2.45, 2.75) is 6.92 Å². The van der Waals surface area contributed by atoms with Gasteiger partial charge in [0, 0.05) is 10.9 Å². The Morgan fingerprint density at radius 3 is 2.83 bits per heavy atom. The molecular weight excluding hydrogens is 344 g/mol. The molecule has 0 unspecified atom stereocenters. The largest absolute Gasteiger partial charge is 0.494 e. The number of rotatable bonds is 4. The number of ether oxygens (including phenoxy) is 1. The zero-order valence-corrected chi connectivity index (χ0v) is 14.4. The van der Waals surface area contributed by atoms with Gasteiger partial charge in [0.05, 0.1) is 12.3 Å². The molecule has 0 spiro atoms. The lowest BCUT2D eigenvalue weighted by Gasteiger charge is -2.29. The molecule has 0 saturated carbocycles. The molecule has 1 N–H and O–H groups in total. The predicted octanol–water partition coefficient (Wildman–Crippen LogP) is 2.98. The van der Waals surface area contributed by atoms with Crippen molar-refractivity contribution in [3.63, 3.8) is 0 Å². The molecule has 24 heavy (non-hydrogen) atoms. The molecule has 0 bridgehead atoms. The van der Waals surface area contributed by atoms with Gasteiger partial charge in [0.2, 0.25) is 0 Å². The minimum absolute atomic E-state index is 0.0489. The molecular formula is C17H14N2O3S2. The van der Waals surface area contributed by atoms with Crippen LogP contribution in [0, 0.1) is 0 Å². The number of benzene rings is 1. The number of thiophene rings is 1. The van der Waals surface area contributed by atoms with Gasteiger partial charge in [0.15, 0.2) is 5.11 Å². The second-order valence-electron chi connectivity index (χ2n) is 4.90. The van der Waals surface area contributed by atoms with Crippen molar-refractivity contribution < 1.29 is 14.3 Å². The zero-order valence-electron chi connectivity index (χ0n) is 12.8. The van der Waals surface area contributed by atoms with Gasteiger partial charge in [-0.1, -0.05) is 12.1 Å². The zero-order chi connectivity index (χ0) is 17.1. The minimum atomic E-state index is -0.490. The van der Waals surface area contributed by atoms with Crippen molar-refractivity contribution in [3.05, 3.63) is 52.2 Å². The van der Waals surface area contributed by atoms with Crippen molar-refractivity contribution in [1.29, 1.82) is 0 Å². The van der Waals surface area contributed by atoms with Gasteiger partial charge in [-0.15, -0.1) is 11.3 Å². The number of nitrogens with zero attached hydrogens (tertiary/aromatic N) is 1. The Bertz CT molecular complexity index is 828. The first-order valence-corrected chi connectivity index (χ1v) is 8.56. The molecule has 5 nitrogen and oxygen atoms in total. The van der Waals surface area contributed by atoms with Crippen LogP contribution in [0.4, 0.5) is 5.69 Å². The van der Waals surface area contributed by atoms with Gasteiger partial charge >= 0.3 is 0 Å². The molecule has 1 aromatic carbocycles. The van der Waals surface area contributed by atoms with Crippen LogP contribution in [0.15, 0.2) is 47.4 Å². The van der Waals surface area contributed by atoms with E-state index in [1.807, 2.05) is 24.4 Å². The van der Waals surface area contributed by atoms with E-state index in [-0.39, 0.29) is 10.7 Å². The van der Waals surface area contributed by atoms with Gasteiger partial charge in [-0.2, -0.15) is 0 Å². The molecule has 3 rings (SSSR count). The molecule has 1 saturated heterocycles. The van der Waals surface area contributed by atoms with Crippen LogP contribution in [0.2, 0.25) is 0 Å². The Morgan fingerprint density at radius 1 is 1.29 bits per heavy atom. The maximum Gasteiger partial charge on any atom is 0.270 e. The summed E-state index contributed by atoms with van der Waals surface area (Å²) in [6, 6.07) is 10.7. The van der Waals surface area contributed by atoms with Crippen LogP contribution in [0.5, 0.6) is 5.75 Å². The van der Waals surface area contributed by atoms with E-state index in [1.54, 1.807) is 30.3 Å². The summed E-state index contributed by atoms with van der Waals surface area (Å²) in [6.45, 7) is 2.40. The summed E-state index contributed by atoms with van der Waals surface area (Å²) in [5.41, 5.74) is 0.598. The number of thiocarbonyl (C=S) groups is 1. The summed E-state index contributed by atoms with van der Waals surface area (Å²) in [5, 5.41) is 4.50. The third kappa shape index (κ3) is 3.22. The fourth-order valence-corrected chi connectivity index (χ4v) is 3.22. The van der Waals surface area contributed by atoms with Crippen LogP contribution in [-0.2, 0) is 9.59 Å². The van der Waals surface area contributed by atoms with E-state index >= 15 is 0 Å². The van der Waals surface area contributed by atoms with Crippen molar-refractivity contribution in [2.24, 2.45) is 0 Å². The smallest absolute Gasteiger partial charge is 0.270 e. The highest BCUT2D eigenvalue weighted by Gasteiger charge is 2.34. The van der Waals surface area contributed by atoms with Crippen molar-refractivity contribution in [2.75, 3.05) is 11.5 Å². The number of carbonyl (C=O) groups excluding carboxylic acids is 2. The summed E-state index contributed by atoms with van der Waals surface area (Å²) >= 11 is 6.63. The average molecular weight is 358 g/mol. The lowest BCUT2D eigenvalue weighted by atomic mass is 10.1. The van der Waals surface area contributed by atoms with E-state index in [0.717, 1.165) is 4.88 Å². The minimum Gasteiger partial charge on any atom is -0.494 e. The highest BCUT2D eigenvalue weighted by atomic mass is 32.1. The molecule has 2 amide bonds. The molecule has 1 aliphatic heterocycles. The number of amides is 2. The standard InChI is InChI=1S/C17H14N2O3S2/c1-2-22-12-6-3-5-11(9-12)19-16(21)14(15(20)18-17(19)23)10-13-7-4-8-24-13/h3-10H,2H2,1H3,(H,18,20,23)/b14-10+. The topological polar surface area (TPSA) is 58.6 Å². The Labute approximate surface area is 148 Å². The van der Waals surface area contributed by atoms with Gasteiger partial charge in [-0.3, -0.25) is 19.8 Å². The summed E-state index contributed by atoms with van der Waals surface area (Å²) < 4.78 is 5.46. The highest BCUT2D eigenvalue weighted by Crippen LogP contribution is 2.26. The van der Waals surface area contributed by atoms with E-state index in [9.17, 15) is 9.59 Å². The number of hydrogen-bond acceptors (Lipinski definition) is 5. The van der Waals surface area contributed by atoms with Crippen LogP contribution >= 0.6 is 23.6 Å². The predicted molar refractivity (Wildman–Crippen MR) is 98.1 cm³/mol. The summed E-state index contributed by atoms with van der Waals surface area (Å²) in [6.07, 6.45) is 1.57. The Balaban J connectivity index is 1.98. The number of hydrogen-bond donors (Lipinski definition) is 1. The first-order valence-electron chi connectivity index (χ1n) is 7.28. The van der Waals surface area contributed by atoms with Gasteiger partial charge in [-0.25, -0.2) is 0 Å². The average Bonchev–Trinajstić information content (AvgIpc) is 3.05. The van der Waals surface area contributed by atoms with Crippen LogP contribution in [0.25, 0.3) is 6.08 Å². The van der Waals surface area contributed by atoms with Crippen LogP contribution in [-0.4, -0.2) is 23.5 Å². The Morgan fingerprint density at radius 2 is 2.12 bits per heavy atom. The summed E-state index contributed by atoms with van der Waals surface area (Å²) in [4.78, 5) is 27.1. The second-order valence-corrected chi connectivity index (χ2v) is 6.27. The normalized spacial score (nSPS) is 16.5. The molecule has 1 aromatic heterocycles. The van der Waals surface area contributed by atoms with E-state index < -0.39 is 11.8 Å². The Kier molecular flexibility index (Phi) is 4.73. The maximum atomic E-state index is 12.8.